The van der Waals surface area contributed by atoms with Gasteiger partial charge >= 0.3 is 0 Å². The Kier molecular flexibility index (Phi) is 5.37. The van der Waals surface area contributed by atoms with Crippen LogP contribution in [-0.2, 0) is 4.79 Å². The number of rotatable bonds is 5. The highest BCUT2D eigenvalue weighted by Crippen LogP contribution is 2.27. The number of nitrogens with zero attached hydrogens (tertiary/aromatic N) is 1. The van der Waals surface area contributed by atoms with E-state index in [-0.39, 0.29) is 5.91 Å². The molecular weight excluding hydrogens is 392 g/mol. The Morgan fingerprint density at radius 3 is 2.75 bits per heavy atom. The van der Waals surface area contributed by atoms with Crippen LogP contribution in [0.4, 0.5) is 5.69 Å². The summed E-state index contributed by atoms with van der Waals surface area (Å²) in [6.45, 7) is 2.01. The van der Waals surface area contributed by atoms with E-state index in [0.717, 1.165) is 27.1 Å². The monoisotopic (exact) mass is 408 g/mol. The molecule has 0 radical (unpaired) electrons. The molecule has 0 saturated heterocycles. The number of aromatic nitrogens is 1. The highest BCUT2D eigenvalue weighted by molar-refractivity contribution is 8.00. The summed E-state index contributed by atoms with van der Waals surface area (Å²) in [5, 5.41) is 3.60. The van der Waals surface area contributed by atoms with Crippen molar-refractivity contribution >= 4 is 46.1 Å². The van der Waals surface area contributed by atoms with Crippen LogP contribution in [0.25, 0.3) is 22.6 Å². The largest absolute Gasteiger partial charge is 0.436 e. The van der Waals surface area contributed by atoms with E-state index in [4.69, 9.17) is 16.0 Å². The van der Waals surface area contributed by atoms with Crippen molar-refractivity contribution in [2.24, 2.45) is 0 Å². The minimum atomic E-state index is -0.0784. The zero-order valence-corrected chi connectivity index (χ0v) is 16.7. The van der Waals surface area contributed by atoms with Gasteiger partial charge in [-0.25, -0.2) is 4.98 Å². The van der Waals surface area contributed by atoms with E-state index in [1.54, 1.807) is 0 Å². The van der Waals surface area contributed by atoms with Gasteiger partial charge in [-0.3, -0.25) is 4.79 Å². The van der Waals surface area contributed by atoms with Crippen LogP contribution in [-0.4, -0.2) is 16.6 Å². The van der Waals surface area contributed by atoms with Gasteiger partial charge in [-0.05, 0) is 67.1 Å². The van der Waals surface area contributed by atoms with Gasteiger partial charge in [0.25, 0.3) is 0 Å². The fraction of sp³-hybridized carbons (Fsp3) is 0.0909. The molecule has 1 N–H and O–H groups in total. The zero-order chi connectivity index (χ0) is 19.5. The molecule has 4 nitrogen and oxygen atoms in total. The predicted molar refractivity (Wildman–Crippen MR) is 115 cm³/mol. The standard InChI is InChI=1S/C22H17ClN2O2S/c1-14-5-10-19-20(11-14)27-22(25-19)15-3-2-4-17(12-15)24-21(26)13-28-18-8-6-16(23)7-9-18/h2-12H,13H2,1H3,(H,24,26). The highest BCUT2D eigenvalue weighted by Gasteiger charge is 2.10. The van der Waals surface area contributed by atoms with Crippen molar-refractivity contribution in [2.75, 3.05) is 11.1 Å². The summed E-state index contributed by atoms with van der Waals surface area (Å²) in [6.07, 6.45) is 0. The summed E-state index contributed by atoms with van der Waals surface area (Å²) in [4.78, 5) is 17.8. The molecule has 0 saturated carbocycles. The fourth-order valence-electron chi connectivity index (χ4n) is 2.76. The summed E-state index contributed by atoms with van der Waals surface area (Å²) in [5.74, 6) is 0.770. The Morgan fingerprint density at radius 1 is 1.11 bits per heavy atom. The van der Waals surface area contributed by atoms with Gasteiger partial charge in [0.05, 0.1) is 5.75 Å². The quantitative estimate of drug-likeness (QED) is 0.400. The van der Waals surface area contributed by atoms with Gasteiger partial charge in [-0.15, -0.1) is 11.8 Å². The second-order valence-corrected chi connectivity index (χ2v) is 7.85. The molecule has 0 aliphatic rings. The first-order valence-electron chi connectivity index (χ1n) is 8.73. The van der Waals surface area contributed by atoms with Crippen LogP contribution >= 0.6 is 23.4 Å². The Balaban J connectivity index is 1.45. The third-order valence-electron chi connectivity index (χ3n) is 4.12. The maximum Gasteiger partial charge on any atom is 0.234 e. The van der Waals surface area contributed by atoms with Crippen molar-refractivity contribution in [1.29, 1.82) is 0 Å². The molecule has 6 heteroatoms. The molecule has 28 heavy (non-hydrogen) atoms. The zero-order valence-electron chi connectivity index (χ0n) is 15.1. The van der Waals surface area contributed by atoms with Crippen molar-refractivity contribution < 1.29 is 9.21 Å². The Morgan fingerprint density at radius 2 is 1.93 bits per heavy atom. The van der Waals surface area contributed by atoms with E-state index < -0.39 is 0 Å². The average molecular weight is 409 g/mol. The van der Waals surface area contributed by atoms with Crippen LogP contribution < -0.4 is 5.32 Å². The van der Waals surface area contributed by atoms with Gasteiger partial charge < -0.3 is 9.73 Å². The Bertz CT molecular complexity index is 1140. The minimum absolute atomic E-state index is 0.0784. The number of oxazole rings is 1. The molecule has 1 heterocycles. The molecule has 3 aromatic carbocycles. The molecule has 1 amide bonds. The van der Waals surface area contributed by atoms with Crippen molar-refractivity contribution in [1.82, 2.24) is 4.98 Å². The van der Waals surface area contributed by atoms with Crippen LogP contribution in [0.2, 0.25) is 5.02 Å². The highest BCUT2D eigenvalue weighted by atomic mass is 35.5. The van der Waals surface area contributed by atoms with Crippen molar-refractivity contribution in [2.45, 2.75) is 11.8 Å². The van der Waals surface area contributed by atoms with E-state index in [2.05, 4.69) is 10.3 Å². The van der Waals surface area contributed by atoms with E-state index in [0.29, 0.717) is 22.4 Å². The minimum Gasteiger partial charge on any atom is -0.436 e. The number of anilines is 1. The fourth-order valence-corrected chi connectivity index (χ4v) is 3.59. The lowest BCUT2D eigenvalue weighted by molar-refractivity contribution is -0.113. The van der Waals surface area contributed by atoms with Gasteiger partial charge in [-0.1, -0.05) is 23.7 Å². The number of hydrogen-bond acceptors (Lipinski definition) is 4. The number of amides is 1. The molecule has 0 aliphatic heterocycles. The number of benzene rings is 3. The van der Waals surface area contributed by atoms with E-state index >= 15 is 0 Å². The van der Waals surface area contributed by atoms with Crippen molar-refractivity contribution in [3.05, 3.63) is 77.3 Å². The Hall–Kier alpha value is -2.76. The van der Waals surface area contributed by atoms with Gasteiger partial charge in [-0.2, -0.15) is 0 Å². The predicted octanol–water partition coefficient (Wildman–Crippen LogP) is 6.19. The molecule has 4 aromatic rings. The molecule has 0 unspecified atom stereocenters. The average Bonchev–Trinajstić information content (AvgIpc) is 3.11. The number of nitrogens with one attached hydrogen (secondary N) is 1. The molecule has 4 rings (SSSR count). The van der Waals surface area contributed by atoms with Crippen molar-refractivity contribution in [3.8, 4) is 11.5 Å². The number of carbonyl (C=O) groups excluding carboxylic acids is 1. The van der Waals surface area contributed by atoms with E-state index in [9.17, 15) is 4.79 Å². The third kappa shape index (κ3) is 4.38. The number of thioether (sulfide) groups is 1. The first kappa shape index (κ1) is 18.6. The van der Waals surface area contributed by atoms with Crippen LogP contribution in [0.5, 0.6) is 0 Å². The molecule has 140 valence electrons. The topological polar surface area (TPSA) is 55.1 Å². The smallest absolute Gasteiger partial charge is 0.234 e. The molecule has 0 aliphatic carbocycles. The normalized spacial score (nSPS) is 10.9. The number of fused-ring (bicyclic) bond motifs is 1. The first-order chi connectivity index (χ1) is 13.6. The first-order valence-corrected chi connectivity index (χ1v) is 10.1. The van der Waals surface area contributed by atoms with Crippen LogP contribution in [0.15, 0.2) is 76.0 Å². The van der Waals surface area contributed by atoms with E-state index in [1.165, 1.54) is 11.8 Å². The second kappa shape index (κ2) is 8.09. The van der Waals surface area contributed by atoms with Gasteiger partial charge in [0.2, 0.25) is 11.8 Å². The lowest BCUT2D eigenvalue weighted by Crippen LogP contribution is -2.13. The molecule has 0 spiro atoms. The summed E-state index contributed by atoms with van der Waals surface area (Å²) in [7, 11) is 0. The number of aryl methyl sites for hydroxylation is 1. The molecule has 0 fully saturated rings. The van der Waals surface area contributed by atoms with Crippen LogP contribution in [0.3, 0.4) is 0 Å². The van der Waals surface area contributed by atoms with Gasteiger partial charge in [0.1, 0.15) is 5.52 Å². The molecule has 0 atom stereocenters. The van der Waals surface area contributed by atoms with Gasteiger partial charge in [0, 0.05) is 21.2 Å². The van der Waals surface area contributed by atoms with Crippen LogP contribution in [0, 0.1) is 6.92 Å². The second-order valence-electron chi connectivity index (χ2n) is 6.36. The number of halogens is 1. The lowest BCUT2D eigenvalue weighted by Gasteiger charge is -2.06. The maximum absolute atomic E-state index is 12.3. The summed E-state index contributed by atoms with van der Waals surface area (Å²) in [6, 6.07) is 20.8. The lowest BCUT2D eigenvalue weighted by atomic mass is 10.2. The van der Waals surface area contributed by atoms with Crippen LogP contribution in [0.1, 0.15) is 5.56 Å². The summed E-state index contributed by atoms with van der Waals surface area (Å²) >= 11 is 7.34. The summed E-state index contributed by atoms with van der Waals surface area (Å²) in [5.41, 5.74) is 4.21. The number of hydrogen-bond donors (Lipinski definition) is 1. The summed E-state index contributed by atoms with van der Waals surface area (Å²) < 4.78 is 5.87. The SMILES string of the molecule is Cc1ccc2nc(-c3cccc(NC(=O)CSc4ccc(Cl)cc4)c3)oc2c1. The van der Waals surface area contributed by atoms with Gasteiger partial charge in [0.15, 0.2) is 5.58 Å². The van der Waals surface area contributed by atoms with E-state index in [1.807, 2.05) is 73.7 Å². The number of carbonyl (C=O) groups is 1. The molecule has 1 aromatic heterocycles. The Labute approximate surface area is 171 Å². The third-order valence-corrected chi connectivity index (χ3v) is 5.38. The van der Waals surface area contributed by atoms with Crippen molar-refractivity contribution in [3.63, 3.8) is 0 Å². The maximum atomic E-state index is 12.3. The molecule has 0 bridgehead atoms. The molecular formula is C22H17ClN2O2S.